The Morgan fingerprint density at radius 3 is 2.66 bits per heavy atom. The summed E-state index contributed by atoms with van der Waals surface area (Å²) in [5.41, 5.74) is -1.46. The van der Waals surface area contributed by atoms with Crippen molar-refractivity contribution in [3.8, 4) is 29.4 Å². The number of fused-ring (bicyclic) bond motifs is 4. The van der Waals surface area contributed by atoms with Crippen LogP contribution in [-0.2, 0) is 21.6 Å². The number of carbonyl (C=O) groups excluding carboxylic acids is 2. The zero-order valence-corrected chi connectivity index (χ0v) is 25.9. The Kier molecular flexibility index (Phi) is 7.75. The van der Waals surface area contributed by atoms with Gasteiger partial charge in [0.05, 0.1) is 11.7 Å². The molecule has 0 spiro atoms. The van der Waals surface area contributed by atoms with Crippen LogP contribution in [0.5, 0.6) is 5.75 Å². The molecule has 10 nitrogen and oxygen atoms in total. The first-order valence-electron chi connectivity index (χ1n) is 15.0. The molecule has 2 aliphatic carbocycles. The van der Waals surface area contributed by atoms with Gasteiger partial charge in [-0.05, 0) is 54.5 Å². The number of thioether (sulfide) groups is 1. The number of ether oxygens (including phenoxy) is 2. The minimum absolute atomic E-state index is 0.0703. The van der Waals surface area contributed by atoms with Crippen LogP contribution in [0.25, 0.3) is 0 Å². The molecule has 47 heavy (non-hydrogen) atoms. The van der Waals surface area contributed by atoms with E-state index in [1.807, 2.05) is 30.3 Å². The van der Waals surface area contributed by atoms with Gasteiger partial charge in [0.25, 0.3) is 0 Å². The molecule has 3 aromatic rings. The number of nitrogens with one attached hydrogen (secondary N) is 2. The van der Waals surface area contributed by atoms with Crippen molar-refractivity contribution in [1.82, 2.24) is 5.32 Å². The number of allylic oxidation sites excluding steroid dienone is 2. The largest absolute Gasteiger partial charge is 0.507 e. The van der Waals surface area contributed by atoms with Crippen LogP contribution in [0.3, 0.4) is 0 Å². The van der Waals surface area contributed by atoms with E-state index in [4.69, 9.17) is 9.47 Å². The number of rotatable bonds is 7. The van der Waals surface area contributed by atoms with Crippen LogP contribution in [0.2, 0.25) is 0 Å². The van der Waals surface area contributed by atoms with Gasteiger partial charge in [-0.15, -0.1) is 11.8 Å². The Balaban J connectivity index is 1.15. The predicted molar refractivity (Wildman–Crippen MR) is 173 cm³/mol. The van der Waals surface area contributed by atoms with Crippen LogP contribution in [0.15, 0.2) is 71.6 Å². The number of aliphatic hydroxyl groups is 3. The highest BCUT2D eigenvalue weighted by Gasteiger charge is 2.82. The number of hydrogen-bond donors (Lipinski definition) is 6. The van der Waals surface area contributed by atoms with Crippen molar-refractivity contribution in [3.63, 3.8) is 0 Å². The van der Waals surface area contributed by atoms with Gasteiger partial charge in [-0.1, -0.05) is 54.0 Å². The average Bonchev–Trinajstić information content (AvgIpc) is 3.80. The average molecular weight is 651 g/mol. The van der Waals surface area contributed by atoms with Crippen LogP contribution in [0, 0.1) is 23.7 Å². The molecule has 0 saturated carbocycles. The summed E-state index contributed by atoms with van der Waals surface area (Å²) in [7, 11) is 0. The van der Waals surface area contributed by atoms with Gasteiger partial charge >= 0.3 is 6.09 Å². The number of benzene rings is 3. The lowest BCUT2D eigenvalue weighted by atomic mass is 9.69. The number of aromatic hydroxyl groups is 1. The smallest absolute Gasteiger partial charge is 0.407 e. The number of alkyl carbamates (subject to hydrolysis) is 1. The number of epoxide rings is 1. The number of aliphatic hydroxyl groups excluding tert-OH is 3. The monoisotopic (exact) mass is 650 g/mol. The van der Waals surface area contributed by atoms with Gasteiger partial charge in [-0.25, -0.2) is 4.79 Å². The third kappa shape index (κ3) is 4.87. The Hall–Kier alpha value is -4.75. The van der Waals surface area contributed by atoms with Crippen molar-refractivity contribution in [2.75, 3.05) is 17.7 Å². The summed E-state index contributed by atoms with van der Waals surface area (Å²) in [6, 6.07) is 15.1. The highest BCUT2D eigenvalue weighted by Crippen LogP contribution is 2.67. The lowest BCUT2D eigenvalue weighted by Crippen LogP contribution is -2.54. The molecule has 1 unspecified atom stereocenters. The number of hydrogen-bond acceptors (Lipinski definition) is 10. The quantitative estimate of drug-likeness (QED) is 0.0737. The first-order valence-corrected chi connectivity index (χ1v) is 16.0. The van der Waals surface area contributed by atoms with Gasteiger partial charge in [0.1, 0.15) is 24.5 Å². The zero-order valence-electron chi connectivity index (χ0n) is 25.1. The SMILES string of the molecule is C[C@@H](O)[C@@]12O[C@]13c1cc(O)c4c(c1N[C@H]2C#C/C=C\C#C[C@H]3O)C(O)c1ccc(CNC(=O)OCCSc2ccccc2)cc1C4=O. The first-order chi connectivity index (χ1) is 22.7. The van der Waals surface area contributed by atoms with Gasteiger partial charge in [0.15, 0.2) is 23.1 Å². The number of carbonyl (C=O) groups is 2. The van der Waals surface area contributed by atoms with Gasteiger partial charge in [-0.2, -0.15) is 0 Å². The van der Waals surface area contributed by atoms with Crippen molar-refractivity contribution in [2.45, 2.75) is 53.9 Å². The number of phenolic OH excluding ortho intramolecular Hbond substituents is 1. The Morgan fingerprint density at radius 1 is 1.13 bits per heavy atom. The van der Waals surface area contributed by atoms with Crippen LogP contribution < -0.4 is 10.6 Å². The summed E-state index contributed by atoms with van der Waals surface area (Å²) in [5.74, 6) is 11.0. The third-order valence-corrected chi connectivity index (χ3v) is 9.93. The third-order valence-electron chi connectivity index (χ3n) is 8.96. The summed E-state index contributed by atoms with van der Waals surface area (Å²) in [4.78, 5) is 27.3. The Morgan fingerprint density at radius 2 is 1.89 bits per heavy atom. The Labute approximate surface area is 274 Å². The van der Waals surface area contributed by atoms with E-state index in [0.717, 1.165) is 4.90 Å². The van der Waals surface area contributed by atoms with E-state index in [2.05, 4.69) is 34.3 Å². The minimum Gasteiger partial charge on any atom is -0.507 e. The molecule has 11 heteroatoms. The fraction of sp³-hybridized carbons (Fsp3) is 0.278. The van der Waals surface area contributed by atoms with Crippen molar-refractivity contribution in [2.24, 2.45) is 0 Å². The first kappa shape index (κ1) is 30.9. The molecule has 7 rings (SSSR count). The number of amides is 1. The molecule has 6 atom stereocenters. The second-order valence-electron chi connectivity index (χ2n) is 11.6. The summed E-state index contributed by atoms with van der Waals surface area (Å²) in [6.45, 7) is 1.81. The second-order valence-corrected chi connectivity index (χ2v) is 12.8. The van der Waals surface area contributed by atoms with Gasteiger partial charge in [0.2, 0.25) is 0 Å². The van der Waals surface area contributed by atoms with Crippen LogP contribution in [0.1, 0.15) is 51.2 Å². The number of ketones is 1. The molecule has 4 aliphatic rings. The molecule has 2 heterocycles. The van der Waals surface area contributed by atoms with Crippen LogP contribution >= 0.6 is 11.8 Å². The molecule has 2 aliphatic heterocycles. The highest BCUT2D eigenvalue weighted by molar-refractivity contribution is 7.99. The fourth-order valence-electron chi connectivity index (χ4n) is 6.80. The maximum Gasteiger partial charge on any atom is 0.407 e. The highest BCUT2D eigenvalue weighted by atomic mass is 32.2. The van der Waals surface area contributed by atoms with Crippen molar-refractivity contribution in [3.05, 3.63) is 100 Å². The zero-order chi connectivity index (χ0) is 32.9. The fourth-order valence-corrected chi connectivity index (χ4v) is 7.55. The molecule has 0 aromatic heterocycles. The van der Waals surface area contributed by atoms with E-state index >= 15 is 0 Å². The molecule has 238 valence electrons. The topological polar surface area (TPSA) is 161 Å². The van der Waals surface area contributed by atoms with Crippen molar-refractivity contribution in [1.29, 1.82) is 0 Å². The molecular formula is C36H30N2O8S. The standard InChI is InChI=1S/C36H30N2O8S/c1-20(39)35-27-11-7-2-3-8-12-28(41)36(35,46-35)25-18-26(40)29-30(31(25)38-27)32(42)23-14-13-21(17-24(23)33(29)43)19-37-34(44)45-15-16-47-22-9-5-4-6-10-22/h2-6,9-10,13-14,17-18,20,27-28,32,38-42H,15-16,19H2,1H3,(H,37,44)/b3-2-/t20-,27+,28-,32?,35+,36+/m1/s1. The lowest BCUT2D eigenvalue weighted by Gasteiger charge is -2.39. The molecule has 1 amide bonds. The summed E-state index contributed by atoms with van der Waals surface area (Å²) in [5, 5.41) is 51.2. The molecular weight excluding hydrogens is 620 g/mol. The van der Waals surface area contributed by atoms with Crippen molar-refractivity contribution < 1.29 is 39.5 Å². The molecule has 3 aromatic carbocycles. The van der Waals surface area contributed by atoms with Crippen molar-refractivity contribution >= 4 is 29.3 Å². The summed E-state index contributed by atoms with van der Waals surface area (Å²) < 4.78 is 11.5. The molecule has 1 saturated heterocycles. The maximum absolute atomic E-state index is 13.9. The number of phenols is 1. The maximum atomic E-state index is 13.9. The van der Waals surface area contributed by atoms with E-state index in [1.165, 1.54) is 25.1 Å². The van der Waals surface area contributed by atoms with Gasteiger partial charge in [-0.3, -0.25) is 4.79 Å². The summed E-state index contributed by atoms with van der Waals surface area (Å²) in [6.07, 6.45) is -1.52. The Bertz CT molecular complexity index is 1960. The predicted octanol–water partition coefficient (Wildman–Crippen LogP) is 3.11. The minimum atomic E-state index is -1.60. The van der Waals surface area contributed by atoms with E-state index < -0.39 is 53.2 Å². The second kappa shape index (κ2) is 11.8. The molecule has 1 fully saturated rings. The van der Waals surface area contributed by atoms with Gasteiger partial charge < -0.3 is 40.5 Å². The van der Waals surface area contributed by atoms with E-state index in [0.29, 0.717) is 16.9 Å². The summed E-state index contributed by atoms with van der Waals surface area (Å²) >= 11 is 1.57. The van der Waals surface area contributed by atoms with E-state index in [9.17, 15) is 30.0 Å². The normalized spacial score (nSPS) is 27.0. The van der Waals surface area contributed by atoms with E-state index in [-0.39, 0.29) is 41.1 Å². The van der Waals surface area contributed by atoms with Crippen LogP contribution in [0.4, 0.5) is 10.5 Å². The number of anilines is 1. The molecule has 6 N–H and O–H groups in total. The van der Waals surface area contributed by atoms with Gasteiger partial charge in [0, 0.05) is 39.6 Å². The van der Waals surface area contributed by atoms with E-state index in [1.54, 1.807) is 30.0 Å². The molecule has 0 radical (unpaired) electrons. The van der Waals surface area contributed by atoms with Crippen LogP contribution in [-0.4, -0.2) is 68.5 Å². The lowest BCUT2D eigenvalue weighted by molar-refractivity contribution is 0.0866. The molecule has 2 bridgehead atoms.